The average Bonchev–Trinajstić information content (AvgIpc) is 2.76. The summed E-state index contributed by atoms with van der Waals surface area (Å²) in [6.07, 6.45) is 8.67. The van der Waals surface area contributed by atoms with Crippen molar-refractivity contribution in [2.45, 2.75) is 76.8 Å². The Labute approximate surface area is 144 Å². The molecule has 0 spiro atoms. The summed E-state index contributed by atoms with van der Waals surface area (Å²) in [4.78, 5) is 27.4. The highest BCUT2D eigenvalue weighted by molar-refractivity contribution is 6.01. The van der Waals surface area contributed by atoms with Gasteiger partial charge < -0.3 is 5.32 Å². The average molecular weight is 328 g/mol. The third-order valence-corrected chi connectivity index (χ3v) is 5.31. The van der Waals surface area contributed by atoms with Crippen LogP contribution in [0.25, 0.3) is 0 Å². The number of aryl methyl sites for hydroxylation is 1. The highest BCUT2D eigenvalue weighted by Gasteiger charge is 2.33. The van der Waals surface area contributed by atoms with E-state index in [1.54, 1.807) is 4.90 Å². The van der Waals surface area contributed by atoms with Gasteiger partial charge in [-0.25, -0.2) is 0 Å². The minimum Gasteiger partial charge on any atom is -0.352 e. The number of benzene rings is 1. The van der Waals surface area contributed by atoms with Crippen LogP contribution in [-0.4, -0.2) is 23.9 Å². The molecule has 1 unspecified atom stereocenters. The van der Waals surface area contributed by atoms with Gasteiger partial charge in [-0.15, -0.1) is 0 Å². The van der Waals surface area contributed by atoms with Crippen molar-refractivity contribution in [1.82, 2.24) is 5.32 Å². The molecular weight excluding hydrogens is 300 g/mol. The van der Waals surface area contributed by atoms with Crippen LogP contribution < -0.4 is 10.2 Å². The third kappa shape index (κ3) is 3.63. The van der Waals surface area contributed by atoms with E-state index in [1.807, 2.05) is 25.1 Å². The normalized spacial score (nSPS) is 20.2. The molecule has 2 aliphatic rings. The van der Waals surface area contributed by atoms with Crippen LogP contribution in [0.3, 0.4) is 0 Å². The molecule has 24 heavy (non-hydrogen) atoms. The fourth-order valence-corrected chi connectivity index (χ4v) is 4.01. The highest BCUT2D eigenvalue weighted by Crippen LogP contribution is 2.29. The van der Waals surface area contributed by atoms with E-state index in [0.29, 0.717) is 12.8 Å². The monoisotopic (exact) mass is 328 g/mol. The Morgan fingerprint density at radius 3 is 2.67 bits per heavy atom. The lowest BCUT2D eigenvalue weighted by Gasteiger charge is -2.32. The van der Waals surface area contributed by atoms with Crippen LogP contribution in [0.1, 0.15) is 63.9 Å². The second-order valence-corrected chi connectivity index (χ2v) is 7.01. The molecule has 4 nitrogen and oxygen atoms in total. The lowest BCUT2D eigenvalue weighted by molar-refractivity contribution is -0.127. The Kier molecular flexibility index (Phi) is 5.54. The first-order valence-electron chi connectivity index (χ1n) is 9.41. The van der Waals surface area contributed by atoms with Crippen molar-refractivity contribution in [3.05, 3.63) is 29.8 Å². The molecule has 1 heterocycles. The van der Waals surface area contributed by atoms with Crippen molar-refractivity contribution in [2.75, 3.05) is 4.90 Å². The van der Waals surface area contributed by atoms with Gasteiger partial charge in [0.2, 0.25) is 11.8 Å². The quantitative estimate of drug-likeness (QED) is 0.918. The second-order valence-electron chi connectivity index (χ2n) is 7.01. The number of nitrogens with zero attached hydrogens (tertiary/aromatic N) is 1. The summed E-state index contributed by atoms with van der Waals surface area (Å²) in [7, 11) is 0. The van der Waals surface area contributed by atoms with Gasteiger partial charge in [-0.1, -0.05) is 44.4 Å². The van der Waals surface area contributed by atoms with E-state index in [4.69, 9.17) is 0 Å². The number of amides is 2. The summed E-state index contributed by atoms with van der Waals surface area (Å²) in [6, 6.07) is 7.89. The number of fused-ring (bicyclic) bond motifs is 1. The number of carbonyl (C=O) groups excluding carboxylic acids is 2. The molecule has 1 aromatic rings. The zero-order valence-electron chi connectivity index (χ0n) is 14.6. The van der Waals surface area contributed by atoms with Crippen molar-refractivity contribution < 1.29 is 9.59 Å². The standard InChI is InChI=1S/C20H28N2O2/c1-2-17(20(24)21-16-11-4-3-5-12-16)22-18-13-7-6-9-15(18)10-8-14-19(22)23/h6-7,9,13,16-17H,2-5,8,10-12,14H2,1H3,(H,21,24). The molecular formula is C20H28N2O2. The molecule has 0 radical (unpaired) electrons. The van der Waals surface area contributed by atoms with Gasteiger partial charge >= 0.3 is 0 Å². The van der Waals surface area contributed by atoms with Gasteiger partial charge in [0.15, 0.2) is 0 Å². The Balaban J connectivity index is 1.82. The van der Waals surface area contributed by atoms with Crippen molar-refractivity contribution in [1.29, 1.82) is 0 Å². The highest BCUT2D eigenvalue weighted by atomic mass is 16.2. The first-order valence-corrected chi connectivity index (χ1v) is 9.41. The van der Waals surface area contributed by atoms with E-state index >= 15 is 0 Å². The number of hydrogen-bond acceptors (Lipinski definition) is 2. The minimum absolute atomic E-state index is 0.00875. The van der Waals surface area contributed by atoms with Crippen LogP contribution in [0.4, 0.5) is 5.69 Å². The van der Waals surface area contributed by atoms with Gasteiger partial charge in [0.05, 0.1) is 0 Å². The van der Waals surface area contributed by atoms with E-state index < -0.39 is 6.04 Å². The van der Waals surface area contributed by atoms with Crippen LogP contribution in [0.5, 0.6) is 0 Å². The first-order chi connectivity index (χ1) is 11.7. The van der Waals surface area contributed by atoms with Crippen LogP contribution in [-0.2, 0) is 16.0 Å². The minimum atomic E-state index is -0.404. The van der Waals surface area contributed by atoms with Crippen LogP contribution in [0, 0.1) is 0 Å². The molecule has 130 valence electrons. The van der Waals surface area contributed by atoms with E-state index in [0.717, 1.165) is 31.4 Å². The molecule has 3 rings (SSSR count). The molecule has 2 amide bonds. The van der Waals surface area contributed by atoms with Crippen molar-refractivity contribution in [3.63, 3.8) is 0 Å². The van der Waals surface area contributed by atoms with Crippen LogP contribution in [0.15, 0.2) is 24.3 Å². The van der Waals surface area contributed by atoms with E-state index in [-0.39, 0.29) is 17.9 Å². The number of nitrogens with one attached hydrogen (secondary N) is 1. The van der Waals surface area contributed by atoms with Gasteiger partial charge in [0.1, 0.15) is 6.04 Å². The van der Waals surface area contributed by atoms with Gasteiger partial charge in [-0.2, -0.15) is 0 Å². The van der Waals surface area contributed by atoms with Crippen molar-refractivity contribution >= 4 is 17.5 Å². The first kappa shape index (κ1) is 17.0. The third-order valence-electron chi connectivity index (χ3n) is 5.31. The fourth-order valence-electron chi connectivity index (χ4n) is 4.01. The smallest absolute Gasteiger partial charge is 0.243 e. The topological polar surface area (TPSA) is 49.4 Å². The molecule has 1 aliphatic carbocycles. The predicted octanol–water partition coefficient (Wildman–Crippen LogP) is 3.58. The zero-order valence-corrected chi connectivity index (χ0v) is 14.6. The summed E-state index contributed by atoms with van der Waals surface area (Å²) in [5, 5.41) is 3.21. The molecule has 1 aromatic carbocycles. The fraction of sp³-hybridized carbons (Fsp3) is 0.600. The summed E-state index contributed by atoms with van der Waals surface area (Å²) in [5.74, 6) is 0.0834. The summed E-state index contributed by atoms with van der Waals surface area (Å²) in [6.45, 7) is 1.99. The second kappa shape index (κ2) is 7.82. The molecule has 0 aromatic heterocycles. The summed E-state index contributed by atoms with van der Waals surface area (Å²) < 4.78 is 0. The largest absolute Gasteiger partial charge is 0.352 e. The van der Waals surface area contributed by atoms with Crippen LogP contribution >= 0.6 is 0 Å². The van der Waals surface area contributed by atoms with Gasteiger partial charge in [0, 0.05) is 18.2 Å². The SMILES string of the molecule is CCC(C(=O)NC1CCCCC1)N1C(=O)CCCc2ccccc21. The number of rotatable bonds is 4. The van der Waals surface area contributed by atoms with Gasteiger partial charge in [0.25, 0.3) is 0 Å². The Morgan fingerprint density at radius 2 is 1.92 bits per heavy atom. The molecule has 4 heteroatoms. The number of hydrogen-bond donors (Lipinski definition) is 1. The number of para-hydroxylation sites is 1. The lowest BCUT2D eigenvalue weighted by Crippen LogP contribution is -2.52. The van der Waals surface area contributed by atoms with E-state index in [2.05, 4.69) is 11.4 Å². The summed E-state index contributed by atoms with van der Waals surface area (Å²) >= 11 is 0. The van der Waals surface area contributed by atoms with E-state index in [9.17, 15) is 9.59 Å². The maximum atomic E-state index is 12.9. The molecule has 0 bridgehead atoms. The molecule has 1 N–H and O–H groups in total. The Bertz CT molecular complexity index is 593. The molecule has 1 atom stereocenters. The van der Waals surface area contributed by atoms with Gasteiger partial charge in [-0.05, 0) is 43.7 Å². The lowest BCUT2D eigenvalue weighted by atomic mass is 9.95. The van der Waals surface area contributed by atoms with Gasteiger partial charge in [-0.3, -0.25) is 14.5 Å². The van der Waals surface area contributed by atoms with Crippen molar-refractivity contribution in [3.8, 4) is 0 Å². The van der Waals surface area contributed by atoms with Crippen LogP contribution in [0.2, 0.25) is 0 Å². The Hall–Kier alpha value is -1.84. The number of carbonyl (C=O) groups is 2. The zero-order chi connectivity index (χ0) is 16.9. The number of anilines is 1. The maximum absolute atomic E-state index is 12.9. The molecule has 1 aliphatic heterocycles. The predicted molar refractivity (Wildman–Crippen MR) is 96.0 cm³/mol. The summed E-state index contributed by atoms with van der Waals surface area (Å²) in [5.41, 5.74) is 2.10. The van der Waals surface area contributed by atoms with Crippen molar-refractivity contribution in [2.24, 2.45) is 0 Å². The maximum Gasteiger partial charge on any atom is 0.243 e. The molecule has 1 fully saturated rings. The van der Waals surface area contributed by atoms with E-state index in [1.165, 1.54) is 24.8 Å². The Morgan fingerprint density at radius 1 is 1.17 bits per heavy atom. The molecule has 1 saturated carbocycles. The molecule has 0 saturated heterocycles.